The Bertz CT molecular complexity index is 1040. The molecule has 0 unspecified atom stereocenters. The first-order valence-corrected chi connectivity index (χ1v) is 10.7. The maximum atomic E-state index is 12.7. The Morgan fingerprint density at radius 3 is 2.59 bits per heavy atom. The maximum Gasteiger partial charge on any atom is 0.316 e. The van der Waals surface area contributed by atoms with Crippen LogP contribution in [0.5, 0.6) is 6.01 Å². The molecule has 29 heavy (non-hydrogen) atoms. The highest BCUT2D eigenvalue weighted by Gasteiger charge is 2.25. The molecule has 5 nitrogen and oxygen atoms in total. The highest BCUT2D eigenvalue weighted by atomic mass is 16.5. The number of carbonyl (C=O) groups is 1. The summed E-state index contributed by atoms with van der Waals surface area (Å²) in [5.74, 6) is 0.271. The average Bonchev–Trinajstić information content (AvgIpc) is 3.05. The van der Waals surface area contributed by atoms with Gasteiger partial charge in [0.15, 0.2) is 5.78 Å². The second-order valence-corrected chi connectivity index (χ2v) is 7.82. The fourth-order valence-corrected chi connectivity index (χ4v) is 4.23. The Labute approximate surface area is 172 Å². The van der Waals surface area contributed by atoms with Gasteiger partial charge >= 0.3 is 6.01 Å². The van der Waals surface area contributed by atoms with E-state index in [1.54, 1.807) is 0 Å². The lowest BCUT2D eigenvalue weighted by Gasteiger charge is -2.15. The van der Waals surface area contributed by atoms with Crippen molar-refractivity contribution in [1.82, 2.24) is 14.5 Å². The zero-order valence-corrected chi connectivity index (χ0v) is 17.6. The summed E-state index contributed by atoms with van der Waals surface area (Å²) in [7, 11) is 2.11. The van der Waals surface area contributed by atoms with E-state index in [-0.39, 0.29) is 5.78 Å². The topological polar surface area (TPSA) is 57.0 Å². The molecular formula is C23H28BN3O2. The van der Waals surface area contributed by atoms with Crippen molar-refractivity contribution in [3.8, 4) is 6.01 Å². The Morgan fingerprint density at radius 1 is 1.10 bits per heavy atom. The van der Waals surface area contributed by atoms with Gasteiger partial charge in [-0.2, -0.15) is 0 Å². The summed E-state index contributed by atoms with van der Waals surface area (Å²) in [5.41, 5.74) is 6.56. The molecule has 1 aromatic carbocycles. The molecule has 3 aromatic rings. The molecular weight excluding hydrogens is 361 g/mol. The monoisotopic (exact) mass is 389 g/mol. The molecule has 4 rings (SSSR count). The number of hydrogen-bond donors (Lipinski definition) is 0. The normalized spacial score (nSPS) is 13.7. The number of aromatic nitrogens is 3. The van der Waals surface area contributed by atoms with Gasteiger partial charge in [-0.15, -0.1) is 0 Å². The number of ketones is 1. The van der Waals surface area contributed by atoms with Gasteiger partial charge in [0.1, 0.15) is 7.85 Å². The fourth-order valence-electron chi connectivity index (χ4n) is 4.23. The van der Waals surface area contributed by atoms with Crippen molar-refractivity contribution in [2.24, 2.45) is 0 Å². The van der Waals surface area contributed by atoms with E-state index in [1.165, 1.54) is 16.4 Å². The molecule has 1 aliphatic carbocycles. The van der Waals surface area contributed by atoms with Crippen LogP contribution in [0.15, 0.2) is 24.3 Å². The minimum Gasteiger partial charge on any atom is -0.463 e. The third-order valence-corrected chi connectivity index (χ3v) is 5.71. The molecule has 0 amide bonds. The van der Waals surface area contributed by atoms with Crippen LogP contribution in [0.3, 0.4) is 0 Å². The number of rotatable bonds is 7. The van der Waals surface area contributed by atoms with E-state index in [2.05, 4.69) is 54.4 Å². The minimum atomic E-state index is 0.271. The van der Waals surface area contributed by atoms with E-state index in [1.807, 2.05) is 6.07 Å². The van der Waals surface area contributed by atoms with Crippen molar-refractivity contribution < 1.29 is 9.53 Å². The maximum absolute atomic E-state index is 12.7. The van der Waals surface area contributed by atoms with Crippen LogP contribution in [-0.4, -0.2) is 34.8 Å². The lowest BCUT2D eigenvalue weighted by molar-refractivity contribution is 0.0963. The lowest BCUT2D eigenvalue weighted by atomic mass is 9.91. The van der Waals surface area contributed by atoms with Gasteiger partial charge in [-0.1, -0.05) is 31.4 Å². The van der Waals surface area contributed by atoms with Crippen molar-refractivity contribution in [2.75, 3.05) is 6.61 Å². The third kappa shape index (κ3) is 3.93. The molecule has 0 spiro atoms. The number of benzene rings is 1. The highest BCUT2D eigenvalue weighted by Crippen LogP contribution is 2.32. The number of aryl methyl sites for hydroxylation is 4. The van der Waals surface area contributed by atoms with Crippen molar-refractivity contribution in [3.63, 3.8) is 0 Å². The number of hydrogen-bond acceptors (Lipinski definition) is 4. The van der Waals surface area contributed by atoms with Gasteiger partial charge in [-0.05, 0) is 49.8 Å². The van der Waals surface area contributed by atoms with E-state index in [4.69, 9.17) is 4.74 Å². The van der Waals surface area contributed by atoms with Crippen LogP contribution < -0.4 is 10.2 Å². The molecule has 0 bridgehead atoms. The summed E-state index contributed by atoms with van der Waals surface area (Å²) in [6.07, 6.45) is 5.13. The SMILES string of the molecule is Bc1ccc2c(c1)c1c(n2CCCOc2nc(CC)cc(CC)n2)C(=O)CCC1. The molecule has 0 radical (unpaired) electrons. The molecule has 0 fully saturated rings. The van der Waals surface area contributed by atoms with Gasteiger partial charge in [0.2, 0.25) is 0 Å². The van der Waals surface area contributed by atoms with Crippen LogP contribution in [0.4, 0.5) is 0 Å². The summed E-state index contributed by atoms with van der Waals surface area (Å²) < 4.78 is 8.08. The Hall–Kier alpha value is -2.63. The van der Waals surface area contributed by atoms with Gasteiger partial charge in [0, 0.05) is 35.3 Å². The van der Waals surface area contributed by atoms with Crippen LogP contribution in [0.2, 0.25) is 0 Å². The molecule has 0 atom stereocenters. The van der Waals surface area contributed by atoms with Crippen LogP contribution >= 0.6 is 0 Å². The van der Waals surface area contributed by atoms with E-state index in [9.17, 15) is 4.79 Å². The van der Waals surface area contributed by atoms with Gasteiger partial charge in [0.25, 0.3) is 0 Å². The third-order valence-electron chi connectivity index (χ3n) is 5.71. The van der Waals surface area contributed by atoms with Crippen molar-refractivity contribution in [3.05, 3.63) is 46.9 Å². The summed E-state index contributed by atoms with van der Waals surface area (Å²) in [5, 5.41) is 1.24. The molecule has 0 N–H and O–H groups in total. The standard InChI is InChI=1S/C23H28BN3O2/c1-3-16-14-17(4-2)26-23(25-16)29-12-6-11-27-20-10-9-15(24)13-19(20)18-7-5-8-21(28)22(18)27/h9-10,13-14H,3-8,11-12,24H2,1-2H3. The zero-order valence-electron chi connectivity index (χ0n) is 17.6. The van der Waals surface area contributed by atoms with Gasteiger partial charge in [-0.25, -0.2) is 9.97 Å². The predicted octanol–water partition coefficient (Wildman–Crippen LogP) is 2.80. The molecule has 0 aliphatic heterocycles. The molecule has 2 heterocycles. The lowest BCUT2D eigenvalue weighted by Crippen LogP contribution is -2.16. The molecule has 6 heteroatoms. The van der Waals surface area contributed by atoms with Crippen molar-refractivity contribution in [2.45, 2.75) is 58.9 Å². The Balaban J connectivity index is 1.52. The largest absolute Gasteiger partial charge is 0.463 e. The number of ether oxygens (including phenoxy) is 1. The second-order valence-electron chi connectivity index (χ2n) is 7.82. The van der Waals surface area contributed by atoms with E-state index in [0.29, 0.717) is 19.0 Å². The van der Waals surface area contributed by atoms with Gasteiger partial charge in [0.05, 0.1) is 12.3 Å². The van der Waals surface area contributed by atoms with Crippen molar-refractivity contribution in [1.29, 1.82) is 0 Å². The van der Waals surface area contributed by atoms with E-state index >= 15 is 0 Å². The summed E-state index contributed by atoms with van der Waals surface area (Å²) in [4.78, 5) is 21.6. The Morgan fingerprint density at radius 2 is 1.86 bits per heavy atom. The van der Waals surface area contributed by atoms with Crippen molar-refractivity contribution >= 4 is 30.0 Å². The molecule has 2 aromatic heterocycles. The van der Waals surface area contributed by atoms with E-state index in [0.717, 1.165) is 61.2 Å². The second kappa shape index (κ2) is 8.40. The number of Topliss-reactive ketones (excluding diaryl/α,β-unsaturated/α-hetero) is 1. The first-order valence-electron chi connectivity index (χ1n) is 10.7. The first-order chi connectivity index (χ1) is 14.1. The number of carbonyl (C=O) groups excluding carboxylic acids is 1. The van der Waals surface area contributed by atoms with Gasteiger partial charge in [-0.3, -0.25) is 4.79 Å². The molecule has 1 aliphatic rings. The predicted molar refractivity (Wildman–Crippen MR) is 118 cm³/mol. The first kappa shape index (κ1) is 19.7. The quantitative estimate of drug-likeness (QED) is 0.461. The summed E-state index contributed by atoms with van der Waals surface area (Å²) in [6, 6.07) is 9.00. The Kier molecular flexibility index (Phi) is 5.70. The summed E-state index contributed by atoms with van der Waals surface area (Å²) >= 11 is 0. The van der Waals surface area contributed by atoms with Crippen LogP contribution in [-0.2, 0) is 25.8 Å². The average molecular weight is 389 g/mol. The van der Waals surface area contributed by atoms with Crippen LogP contribution in [0, 0.1) is 0 Å². The van der Waals surface area contributed by atoms with Crippen LogP contribution in [0.1, 0.15) is 60.5 Å². The minimum absolute atomic E-state index is 0.271. The summed E-state index contributed by atoms with van der Waals surface area (Å²) in [6.45, 7) is 5.47. The van der Waals surface area contributed by atoms with Gasteiger partial charge < -0.3 is 9.30 Å². The smallest absolute Gasteiger partial charge is 0.316 e. The molecule has 0 saturated carbocycles. The highest BCUT2D eigenvalue weighted by molar-refractivity contribution is 6.33. The van der Waals surface area contributed by atoms with Crippen LogP contribution in [0.25, 0.3) is 10.9 Å². The van der Waals surface area contributed by atoms with E-state index < -0.39 is 0 Å². The zero-order chi connectivity index (χ0) is 20.4. The number of nitrogens with zero attached hydrogens (tertiary/aromatic N) is 3. The fraction of sp³-hybridized carbons (Fsp3) is 0.435. The number of fused-ring (bicyclic) bond motifs is 3. The molecule has 150 valence electrons. The molecule has 0 saturated heterocycles.